The molecular formula is C15H18N4OS. The van der Waals surface area contributed by atoms with Crippen LogP contribution in [0.3, 0.4) is 0 Å². The molecule has 0 bridgehead atoms. The van der Waals surface area contributed by atoms with Gasteiger partial charge in [0.1, 0.15) is 10.7 Å². The van der Waals surface area contributed by atoms with Crippen molar-refractivity contribution in [3.63, 3.8) is 0 Å². The number of nitrogens with two attached hydrogens (primary N) is 1. The van der Waals surface area contributed by atoms with Gasteiger partial charge in [0.2, 0.25) is 0 Å². The molecule has 3 rings (SSSR count). The summed E-state index contributed by atoms with van der Waals surface area (Å²) in [5, 5.41) is 5.36. The van der Waals surface area contributed by atoms with Crippen molar-refractivity contribution in [3.05, 3.63) is 40.3 Å². The Kier molecular flexibility index (Phi) is 4.17. The predicted molar refractivity (Wildman–Crippen MR) is 85.8 cm³/mol. The lowest BCUT2D eigenvalue weighted by atomic mass is 10.2. The van der Waals surface area contributed by atoms with Crippen LogP contribution in [0.4, 0.5) is 11.4 Å². The molecule has 5 nitrogen and oxygen atoms in total. The molecule has 21 heavy (non-hydrogen) atoms. The van der Waals surface area contributed by atoms with E-state index in [0.29, 0.717) is 12.2 Å². The normalized spacial score (nSPS) is 14.4. The van der Waals surface area contributed by atoms with Crippen LogP contribution < -0.4 is 16.0 Å². The average Bonchev–Trinajstić information content (AvgIpc) is 3.19. The SMILES string of the molecule is NCc1nc(C(=O)Nc2ccc(N3CCCC3)cc2)cs1. The van der Waals surface area contributed by atoms with Crippen molar-refractivity contribution in [3.8, 4) is 0 Å². The van der Waals surface area contributed by atoms with E-state index in [2.05, 4.69) is 15.2 Å². The van der Waals surface area contributed by atoms with Crippen LogP contribution in [0.25, 0.3) is 0 Å². The molecule has 1 aliphatic heterocycles. The largest absolute Gasteiger partial charge is 0.372 e. The minimum atomic E-state index is -0.195. The summed E-state index contributed by atoms with van der Waals surface area (Å²) in [4.78, 5) is 18.6. The Bertz CT molecular complexity index is 617. The molecule has 2 heterocycles. The highest BCUT2D eigenvalue weighted by Crippen LogP contribution is 2.22. The van der Waals surface area contributed by atoms with Gasteiger partial charge in [0, 0.05) is 36.4 Å². The number of carbonyl (C=O) groups is 1. The second-order valence-corrected chi connectivity index (χ2v) is 5.97. The van der Waals surface area contributed by atoms with E-state index in [1.54, 1.807) is 5.38 Å². The molecule has 3 N–H and O–H groups in total. The third-order valence-corrected chi connectivity index (χ3v) is 4.43. The topological polar surface area (TPSA) is 71.2 Å². The molecule has 0 spiro atoms. The number of aromatic nitrogens is 1. The number of hydrogen-bond acceptors (Lipinski definition) is 5. The zero-order valence-corrected chi connectivity index (χ0v) is 12.5. The van der Waals surface area contributed by atoms with Gasteiger partial charge in [0.15, 0.2) is 0 Å². The maximum atomic E-state index is 12.1. The molecule has 6 heteroatoms. The molecule has 0 unspecified atom stereocenters. The Hall–Kier alpha value is -1.92. The van der Waals surface area contributed by atoms with E-state index in [-0.39, 0.29) is 5.91 Å². The summed E-state index contributed by atoms with van der Waals surface area (Å²) >= 11 is 1.40. The van der Waals surface area contributed by atoms with Crippen LogP contribution in [-0.4, -0.2) is 24.0 Å². The Morgan fingerprint density at radius 3 is 2.62 bits per heavy atom. The molecular weight excluding hydrogens is 284 g/mol. The van der Waals surface area contributed by atoms with E-state index in [1.807, 2.05) is 24.3 Å². The first-order valence-electron chi connectivity index (χ1n) is 7.07. The third-order valence-electron chi connectivity index (χ3n) is 3.56. The fourth-order valence-corrected chi connectivity index (χ4v) is 3.09. The molecule has 2 aromatic rings. The van der Waals surface area contributed by atoms with Gasteiger partial charge in [-0.2, -0.15) is 0 Å². The van der Waals surface area contributed by atoms with Crippen LogP contribution in [0.1, 0.15) is 28.3 Å². The molecule has 1 fully saturated rings. The number of nitrogens with zero attached hydrogens (tertiary/aromatic N) is 2. The first-order valence-corrected chi connectivity index (χ1v) is 7.95. The quantitative estimate of drug-likeness (QED) is 0.910. The smallest absolute Gasteiger partial charge is 0.275 e. The van der Waals surface area contributed by atoms with Crippen molar-refractivity contribution in [2.24, 2.45) is 5.73 Å². The van der Waals surface area contributed by atoms with E-state index in [1.165, 1.54) is 29.9 Å². The number of thiazole rings is 1. The number of carbonyl (C=O) groups excluding carboxylic acids is 1. The first kappa shape index (κ1) is 14.0. The number of nitrogens with one attached hydrogen (secondary N) is 1. The fraction of sp³-hybridized carbons (Fsp3) is 0.333. The van der Waals surface area contributed by atoms with Crippen molar-refractivity contribution < 1.29 is 4.79 Å². The van der Waals surface area contributed by atoms with E-state index in [9.17, 15) is 4.79 Å². The number of hydrogen-bond donors (Lipinski definition) is 2. The van der Waals surface area contributed by atoms with Crippen LogP contribution in [0.2, 0.25) is 0 Å². The van der Waals surface area contributed by atoms with Crippen LogP contribution in [0.15, 0.2) is 29.6 Å². The van der Waals surface area contributed by atoms with Crippen LogP contribution in [-0.2, 0) is 6.54 Å². The lowest BCUT2D eigenvalue weighted by molar-refractivity contribution is 0.102. The maximum Gasteiger partial charge on any atom is 0.275 e. The minimum absolute atomic E-state index is 0.195. The summed E-state index contributed by atoms with van der Waals surface area (Å²) in [6.07, 6.45) is 2.51. The lowest BCUT2D eigenvalue weighted by Crippen LogP contribution is -2.17. The molecule has 0 saturated carbocycles. The number of rotatable bonds is 4. The van der Waals surface area contributed by atoms with Crippen molar-refractivity contribution in [2.45, 2.75) is 19.4 Å². The molecule has 0 radical (unpaired) electrons. The zero-order chi connectivity index (χ0) is 14.7. The number of anilines is 2. The lowest BCUT2D eigenvalue weighted by Gasteiger charge is -2.17. The van der Waals surface area contributed by atoms with Crippen LogP contribution in [0, 0.1) is 0 Å². The fourth-order valence-electron chi connectivity index (χ4n) is 2.43. The molecule has 0 aliphatic carbocycles. The molecule has 1 aromatic heterocycles. The molecule has 1 aliphatic rings. The van der Waals surface area contributed by atoms with Gasteiger partial charge in [-0.15, -0.1) is 11.3 Å². The van der Waals surface area contributed by atoms with Gasteiger partial charge in [0.25, 0.3) is 5.91 Å². The Labute approximate surface area is 127 Å². The van der Waals surface area contributed by atoms with Gasteiger partial charge < -0.3 is 16.0 Å². The molecule has 0 atom stereocenters. The predicted octanol–water partition coefficient (Wildman–Crippen LogP) is 2.45. The summed E-state index contributed by atoms with van der Waals surface area (Å²) in [5.41, 5.74) is 7.92. The maximum absolute atomic E-state index is 12.1. The Morgan fingerprint density at radius 2 is 2.00 bits per heavy atom. The molecule has 110 valence electrons. The molecule has 1 amide bonds. The number of benzene rings is 1. The first-order chi connectivity index (χ1) is 10.3. The second-order valence-electron chi connectivity index (χ2n) is 5.03. The van der Waals surface area contributed by atoms with Crippen molar-refractivity contribution in [1.29, 1.82) is 0 Å². The third kappa shape index (κ3) is 3.22. The van der Waals surface area contributed by atoms with E-state index < -0.39 is 0 Å². The van der Waals surface area contributed by atoms with Gasteiger partial charge in [-0.05, 0) is 37.1 Å². The van der Waals surface area contributed by atoms with Gasteiger partial charge in [-0.3, -0.25) is 4.79 Å². The Morgan fingerprint density at radius 1 is 1.29 bits per heavy atom. The highest BCUT2D eigenvalue weighted by Gasteiger charge is 2.13. The van der Waals surface area contributed by atoms with E-state index >= 15 is 0 Å². The van der Waals surface area contributed by atoms with Crippen molar-refractivity contribution in [1.82, 2.24) is 4.98 Å². The molecule has 1 saturated heterocycles. The summed E-state index contributed by atoms with van der Waals surface area (Å²) in [7, 11) is 0. The second kappa shape index (κ2) is 6.24. The van der Waals surface area contributed by atoms with Crippen molar-refractivity contribution >= 4 is 28.6 Å². The van der Waals surface area contributed by atoms with E-state index in [0.717, 1.165) is 23.8 Å². The van der Waals surface area contributed by atoms with Gasteiger partial charge in [-0.1, -0.05) is 0 Å². The standard InChI is InChI=1S/C15H18N4OS/c16-9-14-18-13(10-21-14)15(20)17-11-3-5-12(6-4-11)19-7-1-2-8-19/h3-6,10H,1-2,7-9,16H2,(H,17,20). The highest BCUT2D eigenvalue weighted by atomic mass is 32.1. The van der Waals surface area contributed by atoms with E-state index in [4.69, 9.17) is 5.73 Å². The van der Waals surface area contributed by atoms with Crippen molar-refractivity contribution in [2.75, 3.05) is 23.3 Å². The van der Waals surface area contributed by atoms with Gasteiger partial charge in [-0.25, -0.2) is 4.98 Å². The summed E-state index contributed by atoms with van der Waals surface area (Å²) < 4.78 is 0. The summed E-state index contributed by atoms with van der Waals surface area (Å²) in [6.45, 7) is 2.60. The summed E-state index contributed by atoms with van der Waals surface area (Å²) in [5.74, 6) is -0.195. The average molecular weight is 302 g/mol. The minimum Gasteiger partial charge on any atom is -0.372 e. The van der Waals surface area contributed by atoms with Gasteiger partial charge >= 0.3 is 0 Å². The van der Waals surface area contributed by atoms with Crippen LogP contribution in [0.5, 0.6) is 0 Å². The zero-order valence-electron chi connectivity index (χ0n) is 11.7. The summed E-state index contributed by atoms with van der Waals surface area (Å²) in [6, 6.07) is 7.96. The monoisotopic (exact) mass is 302 g/mol. The molecule has 1 aromatic carbocycles. The van der Waals surface area contributed by atoms with Gasteiger partial charge in [0.05, 0.1) is 0 Å². The highest BCUT2D eigenvalue weighted by molar-refractivity contribution is 7.09. The number of amides is 1. The van der Waals surface area contributed by atoms with Crippen LogP contribution >= 0.6 is 11.3 Å². The Balaban J connectivity index is 1.65.